The molecule has 1 nitrogen and oxygen atoms in total. The van der Waals surface area contributed by atoms with Gasteiger partial charge in [0, 0.05) is 0 Å². The summed E-state index contributed by atoms with van der Waals surface area (Å²) in [6, 6.07) is 0. The second-order valence-electron chi connectivity index (χ2n) is 1.43. The van der Waals surface area contributed by atoms with E-state index in [4.69, 9.17) is 5.26 Å². The fourth-order valence-electron chi connectivity index (χ4n) is 0.173. The quantitative estimate of drug-likeness (QED) is 0.563. The number of hydrogen-bond donors (Lipinski definition) is 0. The van der Waals surface area contributed by atoms with Gasteiger partial charge in [0.2, 0.25) is 0 Å². The molecule has 40 valence electrons. The van der Waals surface area contributed by atoms with E-state index >= 15 is 0 Å². The molecule has 0 radical (unpaired) electrons. The van der Waals surface area contributed by atoms with Crippen LogP contribution in [0.5, 0.6) is 0 Å². The van der Waals surface area contributed by atoms with Gasteiger partial charge >= 0.3 is 50.3 Å². The van der Waals surface area contributed by atoms with Crippen molar-refractivity contribution in [3.63, 3.8) is 0 Å². The van der Waals surface area contributed by atoms with Crippen molar-refractivity contribution in [1.29, 1.82) is 5.26 Å². The number of rotatable bonds is 2. The van der Waals surface area contributed by atoms with E-state index in [1.807, 2.05) is 0 Å². The summed E-state index contributed by atoms with van der Waals surface area (Å²) < 4.78 is 0. The van der Waals surface area contributed by atoms with E-state index in [2.05, 4.69) is 18.8 Å². The molecule has 0 aliphatic carbocycles. The van der Waals surface area contributed by atoms with E-state index < -0.39 is 0 Å². The molecule has 0 heterocycles. The molecule has 2 heteroatoms. The van der Waals surface area contributed by atoms with Gasteiger partial charge in [-0.05, 0) is 0 Å². The molecular formula is C5H9NSe. The molecule has 0 aromatic heterocycles. The van der Waals surface area contributed by atoms with Crippen molar-refractivity contribution in [2.45, 2.75) is 25.1 Å². The van der Waals surface area contributed by atoms with Crippen LogP contribution in [0.3, 0.4) is 0 Å². The monoisotopic (exact) mass is 163 g/mol. The Morgan fingerprint density at radius 3 is 2.57 bits per heavy atom. The SMILES string of the molecule is CC[C@H](C)[Se]C#N. The molecule has 0 saturated carbocycles. The topological polar surface area (TPSA) is 23.8 Å². The fraction of sp³-hybridized carbons (Fsp3) is 0.800. The van der Waals surface area contributed by atoms with Crippen LogP contribution in [0.1, 0.15) is 20.3 Å². The predicted molar refractivity (Wildman–Crippen MR) is 31.1 cm³/mol. The summed E-state index contributed by atoms with van der Waals surface area (Å²) in [5, 5.41) is 8.15. The normalized spacial score (nSPS) is 12.7. The zero-order valence-electron chi connectivity index (χ0n) is 4.64. The number of nitriles is 1. The summed E-state index contributed by atoms with van der Waals surface area (Å²) in [5.74, 6) is 0. The molecule has 0 aromatic carbocycles. The van der Waals surface area contributed by atoms with Crippen molar-refractivity contribution in [3.05, 3.63) is 0 Å². The Bertz CT molecular complexity index is 74.6. The molecule has 0 amide bonds. The van der Waals surface area contributed by atoms with Gasteiger partial charge in [0.05, 0.1) is 0 Å². The van der Waals surface area contributed by atoms with Gasteiger partial charge < -0.3 is 0 Å². The third-order valence-corrected chi connectivity index (χ3v) is 2.59. The molecule has 1 atom stereocenters. The van der Waals surface area contributed by atoms with Crippen LogP contribution in [0.2, 0.25) is 4.82 Å². The van der Waals surface area contributed by atoms with E-state index in [1.165, 1.54) is 0 Å². The Balaban J connectivity index is 3.03. The first-order valence-electron chi connectivity index (χ1n) is 2.36. The Morgan fingerprint density at radius 2 is 2.43 bits per heavy atom. The van der Waals surface area contributed by atoms with Crippen molar-refractivity contribution in [3.8, 4) is 4.97 Å². The zero-order chi connectivity index (χ0) is 5.70. The Labute approximate surface area is 50.9 Å². The molecule has 0 saturated heterocycles. The third kappa shape index (κ3) is 3.85. The predicted octanol–water partition coefficient (Wildman–Crippen LogP) is 1.39. The van der Waals surface area contributed by atoms with Gasteiger partial charge in [-0.15, -0.1) is 0 Å². The summed E-state index contributed by atoms with van der Waals surface area (Å²) in [6.45, 7) is 4.23. The minimum absolute atomic E-state index is 0.231. The van der Waals surface area contributed by atoms with Gasteiger partial charge in [-0.1, -0.05) is 0 Å². The van der Waals surface area contributed by atoms with E-state index in [-0.39, 0.29) is 15.0 Å². The summed E-state index contributed by atoms with van der Waals surface area (Å²) >= 11 is 0.231. The third-order valence-electron chi connectivity index (χ3n) is 0.829. The van der Waals surface area contributed by atoms with Crippen molar-refractivity contribution >= 4 is 15.0 Å². The van der Waals surface area contributed by atoms with Crippen LogP contribution < -0.4 is 0 Å². The van der Waals surface area contributed by atoms with Gasteiger partial charge in [0.25, 0.3) is 0 Å². The summed E-state index contributed by atoms with van der Waals surface area (Å²) in [4.78, 5) is 2.83. The minimum atomic E-state index is 0.231. The first-order chi connectivity index (χ1) is 3.31. The van der Waals surface area contributed by atoms with Gasteiger partial charge in [0.1, 0.15) is 0 Å². The van der Waals surface area contributed by atoms with Crippen LogP contribution in [-0.4, -0.2) is 15.0 Å². The molecular weight excluding hydrogens is 153 g/mol. The molecule has 0 aromatic rings. The maximum absolute atomic E-state index is 8.15. The van der Waals surface area contributed by atoms with E-state index in [0.717, 1.165) is 6.42 Å². The first-order valence-corrected chi connectivity index (χ1v) is 4.20. The molecule has 7 heavy (non-hydrogen) atoms. The van der Waals surface area contributed by atoms with Crippen LogP contribution in [0.4, 0.5) is 0 Å². The summed E-state index contributed by atoms with van der Waals surface area (Å²) in [7, 11) is 0. The van der Waals surface area contributed by atoms with Crippen LogP contribution in [0.15, 0.2) is 0 Å². The van der Waals surface area contributed by atoms with Gasteiger partial charge in [-0.2, -0.15) is 0 Å². The van der Waals surface area contributed by atoms with Gasteiger partial charge in [-0.3, -0.25) is 0 Å². The Morgan fingerprint density at radius 1 is 1.86 bits per heavy atom. The standard InChI is InChI=1S/C5H9NSe/c1-3-5(2)7-4-6/h5H,3H2,1-2H3/t5-/m0/s1. The first kappa shape index (κ1) is 7.01. The number of nitrogens with zero attached hydrogens (tertiary/aromatic N) is 1. The van der Waals surface area contributed by atoms with Crippen molar-refractivity contribution < 1.29 is 0 Å². The van der Waals surface area contributed by atoms with Crippen LogP contribution in [0, 0.1) is 10.2 Å². The van der Waals surface area contributed by atoms with Crippen LogP contribution in [0.25, 0.3) is 0 Å². The molecule has 0 rings (SSSR count). The molecule has 0 fully saturated rings. The van der Waals surface area contributed by atoms with E-state index in [1.54, 1.807) is 0 Å². The zero-order valence-corrected chi connectivity index (χ0v) is 6.35. The summed E-state index contributed by atoms with van der Waals surface area (Å²) in [6.07, 6.45) is 1.15. The van der Waals surface area contributed by atoms with Crippen molar-refractivity contribution in [2.24, 2.45) is 0 Å². The second-order valence-corrected chi connectivity index (χ2v) is 3.99. The molecule has 0 spiro atoms. The molecule has 0 bridgehead atoms. The van der Waals surface area contributed by atoms with Crippen LogP contribution >= 0.6 is 0 Å². The molecule has 0 aliphatic heterocycles. The second kappa shape index (κ2) is 4.18. The molecule has 0 unspecified atom stereocenters. The molecule has 0 aliphatic rings. The van der Waals surface area contributed by atoms with Crippen molar-refractivity contribution in [1.82, 2.24) is 0 Å². The Hall–Kier alpha value is 0.00948. The Kier molecular flexibility index (Phi) is 4.18. The van der Waals surface area contributed by atoms with Crippen molar-refractivity contribution in [2.75, 3.05) is 0 Å². The fourth-order valence-corrected chi connectivity index (χ4v) is 0.901. The number of hydrogen-bond acceptors (Lipinski definition) is 1. The molecule has 0 N–H and O–H groups in total. The van der Waals surface area contributed by atoms with E-state index in [9.17, 15) is 0 Å². The average molecular weight is 162 g/mol. The summed E-state index contributed by atoms with van der Waals surface area (Å²) in [5.41, 5.74) is 0. The average Bonchev–Trinajstić information content (AvgIpc) is 1.68. The van der Waals surface area contributed by atoms with Gasteiger partial charge in [-0.25, -0.2) is 0 Å². The maximum atomic E-state index is 8.15. The van der Waals surface area contributed by atoms with Crippen LogP contribution in [-0.2, 0) is 0 Å². The van der Waals surface area contributed by atoms with E-state index in [0.29, 0.717) is 4.82 Å². The van der Waals surface area contributed by atoms with Gasteiger partial charge in [0.15, 0.2) is 0 Å².